The molecule has 3 rings (SSSR count). The number of nitrogens with zero attached hydrogens (tertiary/aromatic N) is 2. The van der Waals surface area contributed by atoms with Gasteiger partial charge in [0.05, 0.1) is 16.6 Å². The average molecular weight is 373 g/mol. The number of nitrogens with one attached hydrogen (secondary N) is 1. The van der Waals surface area contributed by atoms with Crippen molar-refractivity contribution in [3.8, 4) is 11.8 Å². The van der Waals surface area contributed by atoms with E-state index in [4.69, 9.17) is 10.00 Å². The van der Waals surface area contributed by atoms with Gasteiger partial charge in [-0.25, -0.2) is 0 Å². The second kappa shape index (κ2) is 8.47. The van der Waals surface area contributed by atoms with Gasteiger partial charge in [-0.2, -0.15) is 5.26 Å². The molecule has 1 amide bonds. The van der Waals surface area contributed by atoms with Gasteiger partial charge in [0.1, 0.15) is 17.9 Å². The van der Waals surface area contributed by atoms with Gasteiger partial charge in [-0.05, 0) is 35.9 Å². The quantitative estimate of drug-likeness (QED) is 0.512. The molecule has 0 saturated heterocycles. The maximum atomic E-state index is 12.4. The first-order chi connectivity index (χ1) is 13.6. The topological polar surface area (TPSA) is 105 Å². The molecule has 0 saturated carbocycles. The van der Waals surface area contributed by atoms with Crippen molar-refractivity contribution in [2.75, 3.05) is 5.32 Å². The van der Waals surface area contributed by atoms with Crippen LogP contribution in [0.15, 0.2) is 72.8 Å². The molecule has 0 aliphatic heterocycles. The number of para-hydroxylation sites is 1. The van der Waals surface area contributed by atoms with E-state index in [0.717, 1.165) is 5.56 Å². The van der Waals surface area contributed by atoms with Crippen LogP contribution in [0.25, 0.3) is 0 Å². The van der Waals surface area contributed by atoms with Gasteiger partial charge in [-0.1, -0.05) is 30.3 Å². The summed E-state index contributed by atoms with van der Waals surface area (Å²) in [6.07, 6.45) is 0. The van der Waals surface area contributed by atoms with Gasteiger partial charge in [0, 0.05) is 17.8 Å². The summed E-state index contributed by atoms with van der Waals surface area (Å²) in [6, 6.07) is 21.6. The van der Waals surface area contributed by atoms with Gasteiger partial charge in [-0.15, -0.1) is 0 Å². The van der Waals surface area contributed by atoms with Crippen LogP contribution in [0.3, 0.4) is 0 Å². The Balaban J connectivity index is 1.70. The van der Waals surface area contributed by atoms with E-state index in [1.165, 1.54) is 18.2 Å². The highest BCUT2D eigenvalue weighted by atomic mass is 16.6. The first-order valence-corrected chi connectivity index (χ1v) is 8.33. The molecule has 3 aromatic carbocycles. The molecule has 28 heavy (non-hydrogen) atoms. The lowest BCUT2D eigenvalue weighted by molar-refractivity contribution is -0.385. The number of hydrogen-bond acceptors (Lipinski definition) is 5. The number of ether oxygens (including phenoxy) is 1. The molecular formula is C21H15N3O4. The Bertz CT molecular complexity index is 1070. The number of nitro groups is 1. The lowest BCUT2D eigenvalue weighted by Gasteiger charge is -2.10. The van der Waals surface area contributed by atoms with Crippen molar-refractivity contribution >= 4 is 17.3 Å². The fraction of sp³-hybridized carbons (Fsp3) is 0.0476. The third-order valence-electron chi connectivity index (χ3n) is 3.90. The summed E-state index contributed by atoms with van der Waals surface area (Å²) in [6.45, 7) is 0.261. The molecule has 0 aliphatic rings. The Kier molecular flexibility index (Phi) is 5.63. The Morgan fingerprint density at radius 1 is 1.07 bits per heavy atom. The van der Waals surface area contributed by atoms with Crippen molar-refractivity contribution in [2.24, 2.45) is 0 Å². The summed E-state index contributed by atoms with van der Waals surface area (Å²) < 4.78 is 5.71. The van der Waals surface area contributed by atoms with Crippen molar-refractivity contribution < 1.29 is 14.5 Å². The molecule has 0 spiro atoms. The smallest absolute Gasteiger partial charge is 0.282 e. The number of amides is 1. The maximum Gasteiger partial charge on any atom is 0.282 e. The summed E-state index contributed by atoms with van der Waals surface area (Å²) in [4.78, 5) is 22.9. The SMILES string of the molecule is N#Cc1cccc(COc2cccc(NC(=O)c3ccccc3[N+](=O)[O-])c2)c1. The molecule has 138 valence electrons. The van der Waals surface area contributed by atoms with Gasteiger partial charge in [0.2, 0.25) is 0 Å². The number of hydrogen-bond donors (Lipinski definition) is 1. The van der Waals surface area contributed by atoms with Gasteiger partial charge < -0.3 is 10.1 Å². The summed E-state index contributed by atoms with van der Waals surface area (Å²) in [5.74, 6) is -0.0612. The number of benzene rings is 3. The number of nitriles is 1. The Hall–Kier alpha value is -4.18. The zero-order valence-corrected chi connectivity index (χ0v) is 14.7. The van der Waals surface area contributed by atoms with Gasteiger partial charge in [0.15, 0.2) is 0 Å². The third kappa shape index (κ3) is 4.51. The van der Waals surface area contributed by atoms with E-state index in [9.17, 15) is 14.9 Å². The van der Waals surface area contributed by atoms with Crippen LogP contribution in [-0.4, -0.2) is 10.8 Å². The fourth-order valence-corrected chi connectivity index (χ4v) is 2.58. The number of carbonyl (C=O) groups is 1. The van der Waals surface area contributed by atoms with Crippen LogP contribution in [0, 0.1) is 21.4 Å². The lowest BCUT2D eigenvalue weighted by Crippen LogP contribution is -2.13. The van der Waals surface area contributed by atoms with E-state index >= 15 is 0 Å². The Labute approximate surface area is 161 Å². The zero-order valence-electron chi connectivity index (χ0n) is 14.7. The molecule has 7 nitrogen and oxygen atoms in total. The monoisotopic (exact) mass is 373 g/mol. The number of carbonyl (C=O) groups excluding carboxylic acids is 1. The summed E-state index contributed by atoms with van der Waals surface area (Å²) >= 11 is 0. The minimum Gasteiger partial charge on any atom is -0.489 e. The van der Waals surface area contributed by atoms with Gasteiger partial charge in [0.25, 0.3) is 11.6 Å². The third-order valence-corrected chi connectivity index (χ3v) is 3.90. The van der Waals surface area contributed by atoms with Crippen molar-refractivity contribution in [1.82, 2.24) is 0 Å². The van der Waals surface area contributed by atoms with E-state index in [2.05, 4.69) is 11.4 Å². The molecule has 0 aliphatic carbocycles. The molecule has 3 aromatic rings. The summed E-state index contributed by atoms with van der Waals surface area (Å²) in [7, 11) is 0. The highest BCUT2D eigenvalue weighted by molar-refractivity contribution is 6.07. The Morgan fingerprint density at radius 2 is 1.86 bits per heavy atom. The van der Waals surface area contributed by atoms with Crippen LogP contribution in [-0.2, 0) is 6.61 Å². The van der Waals surface area contributed by atoms with Crippen molar-refractivity contribution in [3.63, 3.8) is 0 Å². The molecule has 1 N–H and O–H groups in total. The first kappa shape index (κ1) is 18.6. The number of nitro benzene ring substituents is 1. The Morgan fingerprint density at radius 3 is 2.64 bits per heavy atom. The predicted octanol–water partition coefficient (Wildman–Crippen LogP) is 4.30. The second-order valence-electron chi connectivity index (χ2n) is 5.86. The molecule has 0 aromatic heterocycles. The van der Waals surface area contributed by atoms with Crippen LogP contribution in [0.2, 0.25) is 0 Å². The standard InChI is InChI=1S/C21H15N3O4/c22-13-15-5-3-6-16(11-15)14-28-18-8-4-7-17(12-18)23-21(25)19-9-1-2-10-20(19)24(26)27/h1-12H,14H2,(H,23,25). The molecular weight excluding hydrogens is 358 g/mol. The highest BCUT2D eigenvalue weighted by Crippen LogP contribution is 2.22. The zero-order chi connectivity index (χ0) is 19.9. The van der Waals surface area contributed by atoms with Crippen LogP contribution < -0.4 is 10.1 Å². The number of anilines is 1. The lowest BCUT2D eigenvalue weighted by atomic mass is 10.1. The predicted molar refractivity (Wildman–Crippen MR) is 103 cm³/mol. The van der Waals surface area contributed by atoms with Crippen molar-refractivity contribution in [2.45, 2.75) is 6.61 Å². The van der Waals surface area contributed by atoms with Crippen LogP contribution in [0.5, 0.6) is 5.75 Å². The minimum absolute atomic E-state index is 0.0212. The van der Waals surface area contributed by atoms with Crippen molar-refractivity contribution in [3.05, 3.63) is 99.6 Å². The van der Waals surface area contributed by atoms with Crippen LogP contribution in [0.1, 0.15) is 21.5 Å². The second-order valence-corrected chi connectivity index (χ2v) is 5.86. The summed E-state index contributed by atoms with van der Waals surface area (Å²) in [5.41, 5.74) is 1.56. The fourth-order valence-electron chi connectivity index (χ4n) is 2.58. The molecule has 0 fully saturated rings. The highest BCUT2D eigenvalue weighted by Gasteiger charge is 2.19. The van der Waals surface area contributed by atoms with E-state index in [1.54, 1.807) is 48.5 Å². The van der Waals surface area contributed by atoms with E-state index in [-0.39, 0.29) is 17.9 Å². The van der Waals surface area contributed by atoms with Crippen molar-refractivity contribution in [1.29, 1.82) is 5.26 Å². The van der Waals surface area contributed by atoms with Gasteiger partial charge >= 0.3 is 0 Å². The van der Waals surface area contributed by atoms with E-state index in [0.29, 0.717) is 17.0 Å². The van der Waals surface area contributed by atoms with E-state index < -0.39 is 10.8 Å². The van der Waals surface area contributed by atoms with E-state index in [1.807, 2.05) is 6.07 Å². The molecule has 0 heterocycles. The number of rotatable bonds is 6. The maximum absolute atomic E-state index is 12.4. The molecule has 7 heteroatoms. The molecule has 0 bridgehead atoms. The summed E-state index contributed by atoms with van der Waals surface area (Å²) in [5, 5.41) is 22.7. The molecule has 0 unspecified atom stereocenters. The minimum atomic E-state index is -0.593. The van der Waals surface area contributed by atoms with Crippen LogP contribution >= 0.6 is 0 Å². The average Bonchev–Trinajstić information content (AvgIpc) is 2.72. The molecule has 0 radical (unpaired) electrons. The largest absolute Gasteiger partial charge is 0.489 e. The normalized spacial score (nSPS) is 9.96. The van der Waals surface area contributed by atoms with Gasteiger partial charge in [-0.3, -0.25) is 14.9 Å². The first-order valence-electron chi connectivity index (χ1n) is 8.33. The molecule has 0 atom stereocenters. The van der Waals surface area contributed by atoms with Crippen LogP contribution in [0.4, 0.5) is 11.4 Å².